The first-order chi connectivity index (χ1) is 8.78. The highest BCUT2D eigenvalue weighted by atomic mass is 32.2. The first-order valence-electron chi connectivity index (χ1n) is 5.83. The van der Waals surface area contributed by atoms with Crippen LogP contribution in [0.1, 0.15) is 5.82 Å². The molecule has 1 saturated heterocycles. The number of thioether (sulfide) groups is 2. The topological polar surface area (TPSA) is 73.1 Å². The van der Waals surface area contributed by atoms with Gasteiger partial charge in [-0.1, -0.05) is 0 Å². The van der Waals surface area contributed by atoms with Gasteiger partial charge in [0.1, 0.15) is 18.2 Å². The molecular weight excluding hydrogens is 268 g/mol. The van der Waals surface area contributed by atoms with Crippen molar-refractivity contribution in [1.29, 1.82) is 0 Å². The van der Waals surface area contributed by atoms with Crippen LogP contribution in [0.15, 0.2) is 6.07 Å². The Labute approximate surface area is 116 Å². The van der Waals surface area contributed by atoms with E-state index < -0.39 is 0 Å². The minimum atomic E-state index is 0.383. The molecule has 1 aliphatic rings. The van der Waals surface area contributed by atoms with Crippen LogP contribution in [-0.4, -0.2) is 46.1 Å². The van der Waals surface area contributed by atoms with Crippen LogP contribution in [0.2, 0.25) is 0 Å². The summed E-state index contributed by atoms with van der Waals surface area (Å²) in [6, 6.07) is 1.76. The monoisotopic (exact) mass is 286 g/mol. The largest absolute Gasteiger partial charge is 0.384 e. The number of methoxy groups -OCH3 is 1. The summed E-state index contributed by atoms with van der Waals surface area (Å²) >= 11 is 4.03. The van der Waals surface area contributed by atoms with Crippen molar-refractivity contribution in [2.24, 2.45) is 0 Å². The molecule has 1 fully saturated rings. The zero-order valence-electron chi connectivity index (χ0n) is 10.4. The van der Waals surface area contributed by atoms with Crippen molar-refractivity contribution in [2.75, 3.05) is 42.0 Å². The van der Waals surface area contributed by atoms with Gasteiger partial charge in [0.15, 0.2) is 5.82 Å². The normalized spacial score (nSPS) is 19.7. The maximum absolute atomic E-state index is 5.74. The SMILES string of the molecule is COCc1nc(N)cc(NCC2CSCCS2)n1. The summed E-state index contributed by atoms with van der Waals surface area (Å²) in [7, 11) is 1.62. The Morgan fingerprint density at radius 1 is 1.50 bits per heavy atom. The second kappa shape index (κ2) is 7.06. The van der Waals surface area contributed by atoms with Gasteiger partial charge in [0.25, 0.3) is 0 Å². The quantitative estimate of drug-likeness (QED) is 0.849. The predicted octanol–water partition coefficient (Wildman–Crippen LogP) is 1.47. The van der Waals surface area contributed by atoms with Gasteiger partial charge in [0.05, 0.1) is 0 Å². The first-order valence-corrected chi connectivity index (χ1v) is 8.04. The number of hydrogen-bond donors (Lipinski definition) is 2. The molecule has 1 atom stereocenters. The summed E-state index contributed by atoms with van der Waals surface area (Å²) in [4.78, 5) is 8.48. The molecule has 100 valence electrons. The molecule has 1 aromatic heterocycles. The summed E-state index contributed by atoms with van der Waals surface area (Å²) in [5.41, 5.74) is 5.74. The van der Waals surface area contributed by atoms with E-state index in [2.05, 4.69) is 15.3 Å². The van der Waals surface area contributed by atoms with Gasteiger partial charge in [0, 0.05) is 42.2 Å². The van der Waals surface area contributed by atoms with Gasteiger partial charge >= 0.3 is 0 Å². The minimum Gasteiger partial charge on any atom is -0.384 e. The molecule has 0 radical (unpaired) electrons. The lowest BCUT2D eigenvalue weighted by atomic mass is 10.4. The second-order valence-corrected chi connectivity index (χ2v) is 6.53. The molecule has 0 amide bonds. The van der Waals surface area contributed by atoms with E-state index in [0.29, 0.717) is 23.5 Å². The molecule has 1 aromatic rings. The Bertz CT molecular complexity index is 385. The Morgan fingerprint density at radius 2 is 2.39 bits per heavy atom. The van der Waals surface area contributed by atoms with Crippen LogP contribution >= 0.6 is 23.5 Å². The van der Waals surface area contributed by atoms with Gasteiger partial charge in [-0.25, -0.2) is 9.97 Å². The van der Waals surface area contributed by atoms with E-state index in [4.69, 9.17) is 10.5 Å². The lowest BCUT2D eigenvalue weighted by molar-refractivity contribution is 0.178. The van der Waals surface area contributed by atoms with Gasteiger partial charge in [-0.05, 0) is 0 Å². The van der Waals surface area contributed by atoms with Crippen molar-refractivity contribution in [3.8, 4) is 0 Å². The average molecular weight is 286 g/mol. The molecule has 2 rings (SSSR count). The second-order valence-electron chi connectivity index (χ2n) is 3.98. The van der Waals surface area contributed by atoms with Gasteiger partial charge in [-0.3, -0.25) is 0 Å². The number of nitrogen functional groups attached to an aromatic ring is 1. The molecule has 0 spiro atoms. The summed E-state index contributed by atoms with van der Waals surface area (Å²) < 4.78 is 5.02. The van der Waals surface area contributed by atoms with Crippen molar-refractivity contribution < 1.29 is 4.74 Å². The minimum absolute atomic E-state index is 0.383. The number of anilines is 2. The number of nitrogens with two attached hydrogens (primary N) is 1. The molecule has 0 aromatic carbocycles. The van der Waals surface area contributed by atoms with Crippen LogP contribution in [0, 0.1) is 0 Å². The third kappa shape index (κ3) is 4.22. The van der Waals surface area contributed by atoms with Crippen molar-refractivity contribution in [1.82, 2.24) is 9.97 Å². The van der Waals surface area contributed by atoms with Crippen LogP contribution in [0.25, 0.3) is 0 Å². The van der Waals surface area contributed by atoms with E-state index in [1.54, 1.807) is 13.2 Å². The van der Waals surface area contributed by atoms with Crippen molar-refractivity contribution in [3.63, 3.8) is 0 Å². The van der Waals surface area contributed by atoms with E-state index in [0.717, 1.165) is 12.4 Å². The summed E-state index contributed by atoms with van der Waals surface area (Å²) in [5, 5.41) is 3.98. The molecule has 1 aliphatic heterocycles. The molecule has 0 saturated carbocycles. The van der Waals surface area contributed by atoms with Crippen molar-refractivity contribution in [3.05, 3.63) is 11.9 Å². The third-order valence-electron chi connectivity index (χ3n) is 2.46. The standard InChI is InChI=1S/C11H18N4OS2/c1-16-6-11-14-9(12)4-10(15-11)13-5-8-7-17-2-3-18-8/h4,8H,2-3,5-7H2,1H3,(H3,12,13,14,15). The Kier molecular flexibility index (Phi) is 5.40. The number of hydrogen-bond acceptors (Lipinski definition) is 7. The Hall–Kier alpha value is -0.660. The van der Waals surface area contributed by atoms with E-state index >= 15 is 0 Å². The Balaban J connectivity index is 1.91. The molecule has 2 heterocycles. The Morgan fingerprint density at radius 3 is 3.11 bits per heavy atom. The van der Waals surface area contributed by atoms with E-state index in [9.17, 15) is 0 Å². The molecule has 0 aliphatic carbocycles. The zero-order chi connectivity index (χ0) is 12.8. The predicted molar refractivity (Wildman–Crippen MR) is 79.2 cm³/mol. The third-order valence-corrected chi connectivity index (χ3v) is 5.31. The number of aromatic nitrogens is 2. The number of rotatable bonds is 5. The lowest BCUT2D eigenvalue weighted by Crippen LogP contribution is -2.23. The lowest BCUT2D eigenvalue weighted by Gasteiger charge is -2.21. The van der Waals surface area contributed by atoms with E-state index in [-0.39, 0.29) is 0 Å². The van der Waals surface area contributed by atoms with Crippen LogP contribution in [0.5, 0.6) is 0 Å². The first kappa shape index (κ1) is 13.8. The summed E-state index contributed by atoms with van der Waals surface area (Å²) in [6.07, 6.45) is 0. The molecule has 0 bridgehead atoms. The van der Waals surface area contributed by atoms with Crippen LogP contribution in [0.4, 0.5) is 11.6 Å². The van der Waals surface area contributed by atoms with Gasteiger partial charge in [-0.2, -0.15) is 23.5 Å². The van der Waals surface area contributed by atoms with Gasteiger partial charge in [0.2, 0.25) is 0 Å². The average Bonchev–Trinajstić information content (AvgIpc) is 2.37. The number of nitrogens with one attached hydrogen (secondary N) is 1. The summed E-state index contributed by atoms with van der Waals surface area (Å²) in [6.45, 7) is 1.30. The molecule has 5 nitrogen and oxygen atoms in total. The highest BCUT2D eigenvalue weighted by Crippen LogP contribution is 2.24. The number of ether oxygens (including phenoxy) is 1. The molecule has 1 unspecified atom stereocenters. The smallest absolute Gasteiger partial charge is 0.158 e. The molecule has 7 heteroatoms. The van der Waals surface area contributed by atoms with E-state index in [1.807, 2.05) is 23.5 Å². The van der Waals surface area contributed by atoms with Crippen molar-refractivity contribution >= 4 is 35.2 Å². The maximum Gasteiger partial charge on any atom is 0.158 e. The highest BCUT2D eigenvalue weighted by molar-refractivity contribution is 8.06. The fraction of sp³-hybridized carbons (Fsp3) is 0.636. The van der Waals surface area contributed by atoms with Crippen LogP contribution < -0.4 is 11.1 Å². The van der Waals surface area contributed by atoms with Gasteiger partial charge in [-0.15, -0.1) is 0 Å². The highest BCUT2D eigenvalue weighted by Gasteiger charge is 2.14. The van der Waals surface area contributed by atoms with E-state index in [1.165, 1.54) is 17.3 Å². The maximum atomic E-state index is 5.74. The fourth-order valence-electron chi connectivity index (χ4n) is 1.67. The van der Waals surface area contributed by atoms with Gasteiger partial charge < -0.3 is 15.8 Å². The van der Waals surface area contributed by atoms with Crippen molar-refractivity contribution in [2.45, 2.75) is 11.9 Å². The molecule has 3 N–H and O–H groups in total. The fourth-order valence-corrected chi connectivity index (χ4v) is 4.29. The molecular formula is C11H18N4OS2. The number of nitrogens with zero attached hydrogens (tertiary/aromatic N) is 2. The zero-order valence-corrected chi connectivity index (χ0v) is 12.0. The van der Waals surface area contributed by atoms with Crippen LogP contribution in [0.3, 0.4) is 0 Å². The molecule has 18 heavy (non-hydrogen) atoms. The van der Waals surface area contributed by atoms with Crippen LogP contribution in [-0.2, 0) is 11.3 Å². The summed E-state index contributed by atoms with van der Waals surface area (Å²) in [5.74, 6) is 5.57.